The van der Waals surface area contributed by atoms with Crippen LogP contribution in [0.4, 0.5) is 0 Å². The van der Waals surface area contributed by atoms with Crippen LogP contribution in [-0.2, 0) is 6.42 Å². The van der Waals surface area contributed by atoms with Crippen LogP contribution in [0.15, 0.2) is 28.8 Å². The Morgan fingerprint density at radius 3 is 3.11 bits per heavy atom. The number of β-amino-alcohol motifs (C(OH)–C–C–N with tert-alkyl or cyclic N) is 1. The predicted molar refractivity (Wildman–Crippen MR) is 69.7 cm³/mol. The van der Waals surface area contributed by atoms with E-state index in [4.69, 9.17) is 4.52 Å². The van der Waals surface area contributed by atoms with Crippen molar-refractivity contribution in [3.05, 3.63) is 47.1 Å². The van der Waals surface area contributed by atoms with Gasteiger partial charge in [-0.1, -0.05) is 35.0 Å². The van der Waals surface area contributed by atoms with Gasteiger partial charge in [0.15, 0.2) is 5.82 Å². The van der Waals surface area contributed by atoms with E-state index in [0.29, 0.717) is 31.1 Å². The molecule has 0 bridgehead atoms. The third kappa shape index (κ3) is 2.83. The molecule has 2 atom stereocenters. The summed E-state index contributed by atoms with van der Waals surface area (Å²) in [7, 11) is 0. The second kappa shape index (κ2) is 5.11. The quantitative estimate of drug-likeness (QED) is 0.871. The summed E-state index contributed by atoms with van der Waals surface area (Å²) in [6.45, 7) is 2.65. The number of aliphatic hydroxyl groups excluding tert-OH is 1. The number of aryl methyl sites for hydroxylation is 1. The van der Waals surface area contributed by atoms with Crippen molar-refractivity contribution in [2.24, 2.45) is 0 Å². The van der Waals surface area contributed by atoms with E-state index in [0.717, 1.165) is 0 Å². The number of rotatable bonds is 3. The largest absolute Gasteiger partial charge is 0.392 e. The molecule has 1 fully saturated rings. The van der Waals surface area contributed by atoms with E-state index in [1.165, 1.54) is 11.1 Å². The maximum atomic E-state index is 9.48. The van der Waals surface area contributed by atoms with Crippen LogP contribution >= 0.6 is 0 Å². The lowest BCUT2D eigenvalue weighted by Gasteiger charge is -2.01. The highest BCUT2D eigenvalue weighted by atomic mass is 16.5. The summed E-state index contributed by atoms with van der Waals surface area (Å²) in [5.41, 5.74) is 2.40. The fourth-order valence-electron chi connectivity index (χ4n) is 2.39. The number of aliphatic hydroxyl groups is 1. The van der Waals surface area contributed by atoms with E-state index < -0.39 is 0 Å². The summed E-state index contributed by atoms with van der Waals surface area (Å²) in [5, 5.41) is 16.6. The Morgan fingerprint density at radius 2 is 2.37 bits per heavy atom. The van der Waals surface area contributed by atoms with Gasteiger partial charge in [0, 0.05) is 13.0 Å². The molecule has 2 aromatic rings. The number of nitrogens with zero attached hydrogens (tertiary/aromatic N) is 2. The predicted octanol–water partition coefficient (Wildman–Crippen LogP) is 1.36. The average Bonchev–Trinajstić information content (AvgIpc) is 2.98. The Bertz CT molecular complexity index is 567. The van der Waals surface area contributed by atoms with Crippen molar-refractivity contribution in [2.45, 2.75) is 31.9 Å². The first-order chi connectivity index (χ1) is 9.20. The number of hydrogen-bond donors (Lipinski definition) is 2. The minimum Gasteiger partial charge on any atom is -0.392 e. The number of hydrogen-bond acceptors (Lipinski definition) is 5. The molecule has 19 heavy (non-hydrogen) atoms. The molecule has 0 radical (unpaired) electrons. The van der Waals surface area contributed by atoms with Gasteiger partial charge < -0.3 is 14.9 Å². The normalized spacial score (nSPS) is 22.8. The number of benzene rings is 1. The van der Waals surface area contributed by atoms with Gasteiger partial charge in [-0.2, -0.15) is 4.98 Å². The second-order valence-corrected chi connectivity index (χ2v) is 5.07. The van der Waals surface area contributed by atoms with Gasteiger partial charge in [0.1, 0.15) is 0 Å². The standard InChI is InChI=1S/C14H17N3O2/c1-9-3-2-4-10(5-9)6-13-16-14(19-17-13)12-7-11(18)8-15-12/h2-5,11-12,15,18H,6-8H2,1H3. The summed E-state index contributed by atoms with van der Waals surface area (Å²) < 4.78 is 5.26. The van der Waals surface area contributed by atoms with Crippen LogP contribution in [0.25, 0.3) is 0 Å². The van der Waals surface area contributed by atoms with Gasteiger partial charge in [0.25, 0.3) is 0 Å². The summed E-state index contributed by atoms with van der Waals surface area (Å²) in [5.74, 6) is 1.25. The molecule has 1 aromatic heterocycles. The van der Waals surface area contributed by atoms with Gasteiger partial charge in [0.05, 0.1) is 12.1 Å². The Morgan fingerprint density at radius 1 is 1.47 bits per heavy atom. The Balaban J connectivity index is 1.71. The summed E-state index contributed by atoms with van der Waals surface area (Å²) in [4.78, 5) is 4.40. The molecule has 100 valence electrons. The molecule has 2 unspecified atom stereocenters. The first kappa shape index (κ1) is 12.3. The van der Waals surface area contributed by atoms with E-state index in [1.807, 2.05) is 6.07 Å². The highest BCUT2D eigenvalue weighted by Crippen LogP contribution is 2.22. The van der Waals surface area contributed by atoms with Crippen LogP contribution in [0.1, 0.15) is 35.3 Å². The van der Waals surface area contributed by atoms with Crippen molar-refractivity contribution in [3.8, 4) is 0 Å². The van der Waals surface area contributed by atoms with Crippen molar-refractivity contribution >= 4 is 0 Å². The zero-order valence-corrected chi connectivity index (χ0v) is 10.8. The van der Waals surface area contributed by atoms with E-state index in [-0.39, 0.29) is 12.1 Å². The Kier molecular flexibility index (Phi) is 3.31. The summed E-state index contributed by atoms with van der Waals surface area (Å²) in [6.07, 6.45) is 0.976. The van der Waals surface area contributed by atoms with Crippen molar-refractivity contribution in [2.75, 3.05) is 6.54 Å². The molecule has 1 aromatic carbocycles. The molecule has 5 heteroatoms. The minimum absolute atomic E-state index is 0.0197. The Hall–Kier alpha value is -1.72. The fourth-order valence-corrected chi connectivity index (χ4v) is 2.39. The minimum atomic E-state index is -0.322. The van der Waals surface area contributed by atoms with Crippen LogP contribution in [0.2, 0.25) is 0 Å². The lowest BCUT2D eigenvalue weighted by Crippen LogP contribution is -2.15. The Labute approximate surface area is 111 Å². The van der Waals surface area contributed by atoms with Gasteiger partial charge in [-0.15, -0.1) is 0 Å². The van der Waals surface area contributed by atoms with Crippen molar-refractivity contribution in [1.29, 1.82) is 0 Å². The van der Waals surface area contributed by atoms with Gasteiger partial charge >= 0.3 is 0 Å². The molecule has 1 aliphatic rings. The molecule has 0 saturated carbocycles. The van der Waals surface area contributed by atoms with E-state index in [2.05, 4.69) is 40.6 Å². The van der Waals surface area contributed by atoms with Crippen LogP contribution in [0, 0.1) is 6.92 Å². The van der Waals surface area contributed by atoms with Crippen molar-refractivity contribution < 1.29 is 9.63 Å². The second-order valence-electron chi connectivity index (χ2n) is 5.07. The monoisotopic (exact) mass is 259 g/mol. The number of aromatic nitrogens is 2. The van der Waals surface area contributed by atoms with E-state index in [1.54, 1.807) is 0 Å². The topological polar surface area (TPSA) is 71.2 Å². The van der Waals surface area contributed by atoms with E-state index in [9.17, 15) is 5.11 Å². The van der Waals surface area contributed by atoms with Crippen molar-refractivity contribution in [3.63, 3.8) is 0 Å². The van der Waals surface area contributed by atoms with Crippen molar-refractivity contribution in [1.82, 2.24) is 15.5 Å². The molecule has 3 rings (SSSR count). The summed E-state index contributed by atoms with van der Waals surface area (Å²) in [6, 6.07) is 8.25. The van der Waals surface area contributed by atoms with Crippen LogP contribution in [0.5, 0.6) is 0 Å². The maximum Gasteiger partial charge on any atom is 0.243 e. The van der Waals surface area contributed by atoms with Gasteiger partial charge in [-0.05, 0) is 18.9 Å². The van der Waals surface area contributed by atoms with Gasteiger partial charge in [-0.3, -0.25) is 0 Å². The molecule has 2 N–H and O–H groups in total. The highest BCUT2D eigenvalue weighted by molar-refractivity contribution is 5.24. The van der Waals surface area contributed by atoms with Gasteiger partial charge in [0.2, 0.25) is 5.89 Å². The third-order valence-electron chi connectivity index (χ3n) is 3.33. The number of nitrogens with one attached hydrogen (secondary N) is 1. The molecule has 0 spiro atoms. The molecular weight excluding hydrogens is 242 g/mol. The first-order valence-electron chi connectivity index (χ1n) is 6.50. The SMILES string of the molecule is Cc1cccc(Cc2noc(C3CC(O)CN3)n2)c1. The molecule has 1 aliphatic heterocycles. The van der Waals surface area contributed by atoms with E-state index >= 15 is 0 Å². The zero-order chi connectivity index (χ0) is 13.2. The van der Waals surface area contributed by atoms with Crippen LogP contribution < -0.4 is 5.32 Å². The first-order valence-corrected chi connectivity index (χ1v) is 6.50. The third-order valence-corrected chi connectivity index (χ3v) is 3.33. The molecule has 0 aliphatic carbocycles. The molecule has 5 nitrogen and oxygen atoms in total. The molecule has 2 heterocycles. The smallest absolute Gasteiger partial charge is 0.243 e. The van der Waals surface area contributed by atoms with Crippen LogP contribution in [0.3, 0.4) is 0 Å². The molecule has 1 saturated heterocycles. The lowest BCUT2D eigenvalue weighted by molar-refractivity contribution is 0.191. The maximum absolute atomic E-state index is 9.48. The zero-order valence-electron chi connectivity index (χ0n) is 10.8. The van der Waals surface area contributed by atoms with Gasteiger partial charge in [-0.25, -0.2) is 0 Å². The summed E-state index contributed by atoms with van der Waals surface area (Å²) >= 11 is 0. The lowest BCUT2D eigenvalue weighted by atomic mass is 10.1. The molecular formula is C14H17N3O2. The highest BCUT2D eigenvalue weighted by Gasteiger charge is 2.27. The average molecular weight is 259 g/mol. The van der Waals surface area contributed by atoms with Crippen LogP contribution in [-0.4, -0.2) is 27.9 Å². The molecule has 0 amide bonds. The fraction of sp³-hybridized carbons (Fsp3) is 0.429.